The van der Waals surface area contributed by atoms with Gasteiger partial charge in [-0.2, -0.15) is 0 Å². The normalized spacial score (nSPS) is 10.7. The van der Waals surface area contributed by atoms with Gasteiger partial charge in [0.1, 0.15) is 11.6 Å². The Morgan fingerprint density at radius 2 is 1.79 bits per heavy atom. The molecule has 0 aliphatic rings. The summed E-state index contributed by atoms with van der Waals surface area (Å²) in [6, 6.07) is 8.27. The first-order valence-electron chi connectivity index (χ1n) is 6.92. The van der Waals surface area contributed by atoms with Gasteiger partial charge in [0.25, 0.3) is 5.89 Å². The van der Waals surface area contributed by atoms with Crippen LogP contribution in [0.5, 0.6) is 5.75 Å². The molecule has 1 N–H and O–H groups in total. The first kappa shape index (κ1) is 15.9. The van der Waals surface area contributed by atoms with Gasteiger partial charge in [0, 0.05) is 12.1 Å². The number of ether oxygens (including phenoxy) is 1. The molecule has 5 nitrogen and oxygen atoms in total. The van der Waals surface area contributed by atoms with Crippen LogP contribution in [0.1, 0.15) is 5.89 Å². The molecule has 8 heteroatoms. The number of nitrogens with zero attached hydrogens (tertiary/aromatic N) is 2. The van der Waals surface area contributed by atoms with Crippen molar-refractivity contribution in [3.8, 4) is 17.2 Å². The van der Waals surface area contributed by atoms with E-state index in [1.54, 1.807) is 24.3 Å². The topological polar surface area (TPSA) is 60.2 Å². The van der Waals surface area contributed by atoms with Crippen LogP contribution in [0.25, 0.3) is 11.5 Å². The van der Waals surface area contributed by atoms with Crippen LogP contribution in [0.2, 0.25) is 0 Å². The van der Waals surface area contributed by atoms with Crippen LogP contribution in [0.4, 0.5) is 18.9 Å². The Balaban J connectivity index is 1.76. The van der Waals surface area contributed by atoms with E-state index in [0.717, 1.165) is 6.07 Å². The molecule has 1 aromatic heterocycles. The van der Waals surface area contributed by atoms with Crippen molar-refractivity contribution in [1.29, 1.82) is 0 Å². The highest BCUT2D eigenvalue weighted by Crippen LogP contribution is 2.28. The second-order valence-electron chi connectivity index (χ2n) is 4.80. The van der Waals surface area contributed by atoms with Crippen molar-refractivity contribution in [2.24, 2.45) is 0 Å². The molecule has 1 heterocycles. The van der Waals surface area contributed by atoms with E-state index in [1.165, 1.54) is 7.11 Å². The molecule has 0 saturated carbocycles. The zero-order valence-corrected chi connectivity index (χ0v) is 12.5. The highest BCUT2D eigenvalue weighted by atomic mass is 19.2. The van der Waals surface area contributed by atoms with Gasteiger partial charge in [-0.15, -0.1) is 10.2 Å². The molecular weight excluding hydrogens is 323 g/mol. The number of nitrogens with one attached hydrogen (secondary N) is 1. The lowest BCUT2D eigenvalue weighted by atomic mass is 10.2. The number of rotatable bonds is 5. The fourth-order valence-corrected chi connectivity index (χ4v) is 2.08. The van der Waals surface area contributed by atoms with Crippen LogP contribution in [-0.2, 0) is 6.54 Å². The second kappa shape index (κ2) is 6.61. The quantitative estimate of drug-likeness (QED) is 0.719. The van der Waals surface area contributed by atoms with E-state index in [0.29, 0.717) is 17.4 Å². The number of anilines is 1. The molecule has 3 rings (SSSR count). The number of benzene rings is 2. The number of hydrogen-bond acceptors (Lipinski definition) is 5. The number of aromatic nitrogens is 2. The van der Waals surface area contributed by atoms with Gasteiger partial charge in [-0.3, -0.25) is 0 Å². The molecule has 0 spiro atoms. The van der Waals surface area contributed by atoms with Gasteiger partial charge in [-0.25, -0.2) is 13.2 Å². The van der Waals surface area contributed by atoms with Gasteiger partial charge in [0.15, 0.2) is 11.6 Å². The Hall–Kier alpha value is -3.03. The third-order valence-corrected chi connectivity index (χ3v) is 3.24. The Labute approximate surface area is 135 Å². The summed E-state index contributed by atoms with van der Waals surface area (Å²) in [4.78, 5) is 0. The molecule has 3 aromatic rings. The smallest absolute Gasteiger partial charge is 0.251 e. The van der Waals surface area contributed by atoms with Crippen molar-refractivity contribution < 1.29 is 22.3 Å². The fourth-order valence-electron chi connectivity index (χ4n) is 2.08. The molecule has 24 heavy (non-hydrogen) atoms. The average molecular weight is 335 g/mol. The third kappa shape index (κ3) is 3.17. The van der Waals surface area contributed by atoms with E-state index in [2.05, 4.69) is 15.5 Å². The molecule has 0 amide bonds. The molecule has 124 valence electrons. The van der Waals surface area contributed by atoms with Crippen LogP contribution in [0.3, 0.4) is 0 Å². The predicted molar refractivity (Wildman–Crippen MR) is 79.9 cm³/mol. The van der Waals surface area contributed by atoms with E-state index < -0.39 is 17.5 Å². The average Bonchev–Trinajstić information content (AvgIpc) is 3.05. The Bertz CT molecular complexity index is 868. The third-order valence-electron chi connectivity index (χ3n) is 3.24. The fraction of sp³-hybridized carbons (Fsp3) is 0.125. The molecule has 0 unspecified atom stereocenters. The van der Waals surface area contributed by atoms with Crippen molar-refractivity contribution in [1.82, 2.24) is 10.2 Å². The van der Waals surface area contributed by atoms with Gasteiger partial charge in [-0.1, -0.05) is 12.1 Å². The van der Waals surface area contributed by atoms with E-state index in [1.807, 2.05) is 0 Å². The molecule has 0 bridgehead atoms. The number of hydrogen-bond donors (Lipinski definition) is 1. The summed E-state index contributed by atoms with van der Waals surface area (Å²) in [5.41, 5.74) is 0.406. The minimum absolute atomic E-state index is 0.0514. The van der Waals surface area contributed by atoms with E-state index >= 15 is 0 Å². The molecule has 2 aromatic carbocycles. The lowest BCUT2D eigenvalue weighted by molar-refractivity contribution is 0.413. The summed E-state index contributed by atoms with van der Waals surface area (Å²) in [6.07, 6.45) is 0. The van der Waals surface area contributed by atoms with Crippen LogP contribution >= 0.6 is 0 Å². The summed E-state index contributed by atoms with van der Waals surface area (Å²) in [5.74, 6) is -2.38. The zero-order valence-electron chi connectivity index (χ0n) is 12.5. The first-order chi connectivity index (χ1) is 11.6. The largest absolute Gasteiger partial charge is 0.496 e. The maximum Gasteiger partial charge on any atom is 0.251 e. The Morgan fingerprint density at radius 3 is 2.58 bits per heavy atom. The van der Waals surface area contributed by atoms with E-state index in [9.17, 15) is 13.2 Å². The molecule has 0 fully saturated rings. The molecule has 0 atom stereocenters. The Morgan fingerprint density at radius 1 is 1.04 bits per heavy atom. The van der Waals surface area contributed by atoms with Crippen molar-refractivity contribution in [2.75, 3.05) is 12.4 Å². The minimum atomic E-state index is -1.26. The summed E-state index contributed by atoms with van der Waals surface area (Å²) >= 11 is 0. The number of methoxy groups -OCH3 is 1. The monoisotopic (exact) mass is 335 g/mol. The van der Waals surface area contributed by atoms with Crippen LogP contribution in [0.15, 0.2) is 40.8 Å². The molecule has 0 aliphatic carbocycles. The SMILES string of the molecule is COc1ccccc1-c1nnc(CNc2cc(F)c(F)cc2F)o1. The zero-order chi connectivity index (χ0) is 17.1. The van der Waals surface area contributed by atoms with Gasteiger partial charge >= 0.3 is 0 Å². The molecule has 0 radical (unpaired) electrons. The second-order valence-corrected chi connectivity index (χ2v) is 4.80. The summed E-state index contributed by atoms with van der Waals surface area (Å²) in [7, 11) is 1.52. The van der Waals surface area contributed by atoms with Crippen LogP contribution in [0, 0.1) is 17.5 Å². The van der Waals surface area contributed by atoms with Crippen molar-refractivity contribution in [3.05, 3.63) is 59.7 Å². The van der Waals surface area contributed by atoms with Crippen LogP contribution in [-0.4, -0.2) is 17.3 Å². The predicted octanol–water partition coefficient (Wildman–Crippen LogP) is 3.77. The standard InChI is InChI=1S/C16H12F3N3O2/c1-23-14-5-3-2-4-9(14)16-22-21-15(24-16)8-20-13-7-11(18)10(17)6-12(13)19/h2-7,20H,8H2,1H3. The highest BCUT2D eigenvalue weighted by molar-refractivity contribution is 5.62. The lowest BCUT2D eigenvalue weighted by Crippen LogP contribution is -2.03. The van der Waals surface area contributed by atoms with Crippen LogP contribution < -0.4 is 10.1 Å². The van der Waals surface area contributed by atoms with Gasteiger partial charge in [0.2, 0.25) is 5.89 Å². The molecule has 0 saturated heterocycles. The van der Waals surface area contributed by atoms with Gasteiger partial charge < -0.3 is 14.5 Å². The summed E-state index contributed by atoms with van der Waals surface area (Å²) in [6.45, 7) is -0.0514. The van der Waals surface area contributed by atoms with Gasteiger partial charge in [-0.05, 0) is 12.1 Å². The minimum Gasteiger partial charge on any atom is -0.496 e. The summed E-state index contributed by atoms with van der Waals surface area (Å²) in [5, 5.41) is 10.3. The van der Waals surface area contributed by atoms with E-state index in [-0.39, 0.29) is 24.0 Å². The maximum atomic E-state index is 13.5. The maximum absolute atomic E-state index is 13.5. The van der Waals surface area contributed by atoms with Crippen molar-refractivity contribution >= 4 is 5.69 Å². The first-order valence-corrected chi connectivity index (χ1v) is 6.92. The molecular formula is C16H12F3N3O2. The summed E-state index contributed by atoms with van der Waals surface area (Å²) < 4.78 is 50.3. The van der Waals surface area contributed by atoms with Gasteiger partial charge in [0.05, 0.1) is 24.9 Å². The Kier molecular flexibility index (Phi) is 4.37. The van der Waals surface area contributed by atoms with Crippen molar-refractivity contribution in [3.63, 3.8) is 0 Å². The lowest BCUT2D eigenvalue weighted by Gasteiger charge is -2.06. The highest BCUT2D eigenvalue weighted by Gasteiger charge is 2.14. The number of para-hydroxylation sites is 1. The van der Waals surface area contributed by atoms with E-state index in [4.69, 9.17) is 9.15 Å². The van der Waals surface area contributed by atoms with Crippen molar-refractivity contribution in [2.45, 2.75) is 6.54 Å². The number of halogens is 3. The molecule has 0 aliphatic heterocycles.